The van der Waals surface area contributed by atoms with Gasteiger partial charge >= 0.3 is 5.97 Å². The molecule has 0 spiro atoms. The Morgan fingerprint density at radius 3 is 2.07 bits per heavy atom. The van der Waals surface area contributed by atoms with Gasteiger partial charge in [0.05, 0.1) is 13.2 Å². The van der Waals surface area contributed by atoms with Gasteiger partial charge in [0.2, 0.25) is 0 Å². The van der Waals surface area contributed by atoms with Crippen molar-refractivity contribution in [3.8, 4) is 0 Å². The van der Waals surface area contributed by atoms with Crippen molar-refractivity contribution in [3.63, 3.8) is 0 Å². The monoisotopic (exact) mass is 428 g/mol. The number of hydrogen-bond donors (Lipinski definition) is 3. The van der Waals surface area contributed by atoms with Crippen molar-refractivity contribution in [2.75, 3.05) is 13.2 Å². The van der Waals surface area contributed by atoms with Crippen LogP contribution in [0.4, 0.5) is 0 Å². The smallest absolute Gasteiger partial charge is 0.306 e. The molecular weight excluding hydrogens is 384 g/mol. The van der Waals surface area contributed by atoms with Crippen LogP contribution in [0.15, 0.2) is 12.2 Å². The van der Waals surface area contributed by atoms with Gasteiger partial charge in [0.15, 0.2) is 6.10 Å². The van der Waals surface area contributed by atoms with Crippen LogP contribution in [0.3, 0.4) is 0 Å². The molecule has 4 unspecified atom stereocenters. The summed E-state index contributed by atoms with van der Waals surface area (Å²) in [5.41, 5.74) is 0. The van der Waals surface area contributed by atoms with E-state index in [0.29, 0.717) is 6.42 Å². The van der Waals surface area contributed by atoms with Crippen molar-refractivity contribution >= 4 is 5.97 Å². The first kappa shape index (κ1) is 27.1. The van der Waals surface area contributed by atoms with Gasteiger partial charge in [-0.1, -0.05) is 70.4 Å². The number of carbonyl (C=O) groups is 1. The molecule has 0 saturated carbocycles. The molecule has 3 N–H and O–H groups in total. The summed E-state index contributed by atoms with van der Waals surface area (Å²) >= 11 is 0. The lowest BCUT2D eigenvalue weighted by molar-refractivity contribution is -0.162. The summed E-state index contributed by atoms with van der Waals surface area (Å²) in [6, 6.07) is 0. The van der Waals surface area contributed by atoms with Gasteiger partial charge in [-0.3, -0.25) is 4.79 Å². The summed E-state index contributed by atoms with van der Waals surface area (Å²) in [5.74, 6) is -0.399. The second-order valence-electron chi connectivity index (χ2n) is 8.40. The normalized spacial score (nSPS) is 22.6. The van der Waals surface area contributed by atoms with Gasteiger partial charge in [-0.15, -0.1) is 0 Å². The highest BCUT2D eigenvalue weighted by Crippen LogP contribution is 2.20. The van der Waals surface area contributed by atoms with Crippen LogP contribution >= 0.6 is 0 Å². The summed E-state index contributed by atoms with van der Waals surface area (Å²) in [4.78, 5) is 11.9. The summed E-state index contributed by atoms with van der Waals surface area (Å²) in [7, 11) is 0. The lowest BCUT2D eigenvalue weighted by Gasteiger charge is -2.24. The van der Waals surface area contributed by atoms with Gasteiger partial charge in [-0.05, 0) is 32.1 Å². The van der Waals surface area contributed by atoms with Gasteiger partial charge in [0, 0.05) is 6.42 Å². The Balaban J connectivity index is 1.95. The minimum Gasteiger partial charge on any atom is -0.457 e. The molecule has 0 radical (unpaired) electrons. The average Bonchev–Trinajstić information content (AvgIpc) is 3.07. The summed E-state index contributed by atoms with van der Waals surface area (Å²) in [6.45, 7) is 1.79. The zero-order chi connectivity index (χ0) is 22.0. The molecule has 1 aliphatic heterocycles. The Morgan fingerprint density at radius 1 is 0.967 bits per heavy atom. The fraction of sp³-hybridized carbons (Fsp3) is 0.875. The highest BCUT2D eigenvalue weighted by molar-refractivity contribution is 5.69. The minimum absolute atomic E-state index is 0.0197. The SMILES string of the molecule is CCCCCCCC/C=C/CCCCCCCC(=O)OC(CO)C1OCC(O)C1O. The molecule has 1 fully saturated rings. The topological polar surface area (TPSA) is 96.2 Å². The van der Waals surface area contributed by atoms with E-state index in [1.165, 1.54) is 51.4 Å². The van der Waals surface area contributed by atoms with Crippen molar-refractivity contribution in [2.45, 2.75) is 121 Å². The highest BCUT2D eigenvalue weighted by Gasteiger charge is 2.41. The third-order valence-electron chi connectivity index (χ3n) is 5.66. The second-order valence-corrected chi connectivity index (χ2v) is 8.40. The second kappa shape index (κ2) is 17.7. The van der Waals surface area contributed by atoms with E-state index in [-0.39, 0.29) is 6.61 Å². The molecule has 176 valence electrons. The molecular formula is C24H44O6. The Labute approximate surface area is 182 Å². The molecule has 1 aliphatic rings. The maximum atomic E-state index is 11.9. The molecule has 30 heavy (non-hydrogen) atoms. The van der Waals surface area contributed by atoms with Crippen molar-refractivity contribution in [3.05, 3.63) is 12.2 Å². The number of allylic oxidation sites excluding steroid dienone is 2. The molecule has 0 bridgehead atoms. The van der Waals surface area contributed by atoms with E-state index >= 15 is 0 Å². The van der Waals surface area contributed by atoms with E-state index < -0.39 is 37.0 Å². The minimum atomic E-state index is -1.14. The predicted molar refractivity (Wildman–Crippen MR) is 118 cm³/mol. The van der Waals surface area contributed by atoms with E-state index in [4.69, 9.17) is 9.47 Å². The number of unbranched alkanes of at least 4 members (excludes halogenated alkanes) is 11. The zero-order valence-electron chi connectivity index (χ0n) is 18.8. The van der Waals surface area contributed by atoms with Crippen molar-refractivity contribution in [1.82, 2.24) is 0 Å². The van der Waals surface area contributed by atoms with E-state index in [0.717, 1.165) is 32.1 Å². The van der Waals surface area contributed by atoms with Gasteiger partial charge in [0.1, 0.15) is 18.3 Å². The number of aliphatic hydroxyl groups is 3. The van der Waals surface area contributed by atoms with Crippen LogP contribution in [-0.4, -0.2) is 58.9 Å². The van der Waals surface area contributed by atoms with Crippen molar-refractivity contribution < 1.29 is 29.6 Å². The summed E-state index contributed by atoms with van der Waals surface area (Å²) in [6.07, 6.45) is 16.5. The number of aliphatic hydroxyl groups excluding tert-OH is 3. The molecule has 6 heteroatoms. The van der Waals surface area contributed by atoms with Crippen LogP contribution in [0.2, 0.25) is 0 Å². The van der Waals surface area contributed by atoms with E-state index in [9.17, 15) is 20.1 Å². The Hall–Kier alpha value is -0.950. The zero-order valence-corrected chi connectivity index (χ0v) is 18.8. The third kappa shape index (κ3) is 12.0. The first-order chi connectivity index (χ1) is 14.6. The first-order valence-corrected chi connectivity index (χ1v) is 12.0. The molecule has 4 atom stereocenters. The maximum absolute atomic E-state index is 11.9. The number of hydrogen-bond acceptors (Lipinski definition) is 6. The maximum Gasteiger partial charge on any atom is 0.306 e. The quantitative estimate of drug-likeness (QED) is 0.173. The number of ether oxygens (including phenoxy) is 2. The van der Waals surface area contributed by atoms with E-state index in [2.05, 4.69) is 19.1 Å². The first-order valence-electron chi connectivity index (χ1n) is 12.0. The fourth-order valence-electron chi connectivity index (χ4n) is 3.73. The standard InChI is InChI=1S/C24H44O6/c1-2-3-4-5-6-7-8-9-10-11-12-13-14-15-16-17-22(27)30-21(18-25)24-23(28)20(26)19-29-24/h9-10,20-21,23-26,28H,2-8,11-19H2,1H3/b10-9+. The summed E-state index contributed by atoms with van der Waals surface area (Å²) in [5, 5.41) is 28.7. The molecule has 0 aromatic carbocycles. The lowest BCUT2D eigenvalue weighted by Crippen LogP contribution is -2.43. The van der Waals surface area contributed by atoms with Crippen LogP contribution in [-0.2, 0) is 14.3 Å². The molecule has 6 nitrogen and oxygen atoms in total. The largest absolute Gasteiger partial charge is 0.457 e. The van der Waals surface area contributed by atoms with Crippen LogP contribution in [0.5, 0.6) is 0 Å². The van der Waals surface area contributed by atoms with Gasteiger partial charge in [-0.25, -0.2) is 0 Å². The lowest BCUT2D eigenvalue weighted by atomic mass is 10.1. The molecule has 0 aliphatic carbocycles. The number of esters is 1. The molecule has 1 saturated heterocycles. The summed E-state index contributed by atoms with van der Waals surface area (Å²) < 4.78 is 10.4. The Kier molecular flexibility index (Phi) is 16.0. The van der Waals surface area contributed by atoms with Crippen LogP contribution in [0, 0.1) is 0 Å². The Bertz CT molecular complexity index is 453. The van der Waals surface area contributed by atoms with Crippen molar-refractivity contribution in [2.24, 2.45) is 0 Å². The van der Waals surface area contributed by atoms with Crippen LogP contribution in [0.1, 0.15) is 96.8 Å². The molecule has 1 heterocycles. The van der Waals surface area contributed by atoms with Crippen LogP contribution in [0.25, 0.3) is 0 Å². The predicted octanol–water partition coefficient (Wildman–Crippen LogP) is 4.05. The van der Waals surface area contributed by atoms with Gasteiger partial charge in [-0.2, -0.15) is 0 Å². The van der Waals surface area contributed by atoms with Gasteiger partial charge in [0.25, 0.3) is 0 Å². The molecule has 0 aromatic heterocycles. The van der Waals surface area contributed by atoms with E-state index in [1.807, 2.05) is 0 Å². The Morgan fingerprint density at radius 2 is 1.53 bits per heavy atom. The highest BCUT2D eigenvalue weighted by atomic mass is 16.6. The van der Waals surface area contributed by atoms with Crippen LogP contribution < -0.4 is 0 Å². The third-order valence-corrected chi connectivity index (χ3v) is 5.66. The molecule has 0 aromatic rings. The molecule has 0 amide bonds. The van der Waals surface area contributed by atoms with Gasteiger partial charge < -0.3 is 24.8 Å². The number of carbonyl (C=O) groups excluding carboxylic acids is 1. The fourth-order valence-corrected chi connectivity index (χ4v) is 3.73. The molecule has 1 rings (SSSR count). The average molecular weight is 429 g/mol. The number of rotatable bonds is 18. The van der Waals surface area contributed by atoms with Crippen molar-refractivity contribution in [1.29, 1.82) is 0 Å². The van der Waals surface area contributed by atoms with E-state index in [1.54, 1.807) is 0 Å².